The van der Waals surface area contributed by atoms with Crippen molar-refractivity contribution in [3.05, 3.63) is 307 Å². The fourth-order valence-electron chi connectivity index (χ4n) is 11.9. The minimum Gasteiger partial charge on any atom is -0.310 e. The highest BCUT2D eigenvalue weighted by Gasteiger charge is 2.50. The maximum Gasteiger partial charge on any atom is 0.0736 e. The summed E-state index contributed by atoms with van der Waals surface area (Å²) in [5, 5.41) is 7.19. The number of hydrogen-bond acceptors (Lipinski definition) is 2. The Morgan fingerprint density at radius 1 is 0.319 bits per heavy atom. The molecule has 338 valence electrons. The number of aromatic nitrogens is 1. The van der Waals surface area contributed by atoms with Crippen LogP contribution in [0.15, 0.2) is 285 Å². The topological polar surface area (TPSA) is 11.4 Å². The van der Waals surface area contributed by atoms with Gasteiger partial charge < -0.3 is 14.4 Å². The first kappa shape index (κ1) is 41.5. The van der Waals surface area contributed by atoms with Crippen molar-refractivity contribution in [3.8, 4) is 16.8 Å². The summed E-state index contributed by atoms with van der Waals surface area (Å²) in [6.07, 6.45) is 0. The maximum atomic E-state index is 2.55. The molecule has 0 fully saturated rings. The van der Waals surface area contributed by atoms with Crippen LogP contribution in [0.25, 0.3) is 60.2 Å². The van der Waals surface area contributed by atoms with Crippen molar-refractivity contribution in [2.45, 2.75) is 5.41 Å². The van der Waals surface area contributed by atoms with Crippen molar-refractivity contribution in [1.29, 1.82) is 0 Å². The van der Waals surface area contributed by atoms with Gasteiger partial charge in [0, 0.05) is 56.0 Å². The molecule has 72 heavy (non-hydrogen) atoms. The molecule has 14 rings (SSSR count). The number of para-hydroxylation sites is 6. The second kappa shape index (κ2) is 16.9. The second-order valence-electron chi connectivity index (χ2n) is 18.8. The standard InChI is InChI=1S/C69H47N3/c1-6-26-54(27-7-1)70(55-28-8-2-9-29-55)59-42-43-61-63(46-59)69(52-40-38-48-22-16-18-24-50(48)44-52,53-41-39-49-23-17-19-25-51(49)45-53)67-66(61)65(71(56-30-10-3-11-31-56)57-32-12-4-13-33-57)47-62-60-36-20-21-37-64(60)72(68(62)67)58-34-14-5-15-35-58/h1-47H. The van der Waals surface area contributed by atoms with Crippen LogP contribution in [0.4, 0.5) is 34.1 Å². The average molecular weight is 918 g/mol. The van der Waals surface area contributed by atoms with Gasteiger partial charge >= 0.3 is 0 Å². The van der Waals surface area contributed by atoms with E-state index < -0.39 is 5.41 Å². The summed E-state index contributed by atoms with van der Waals surface area (Å²) in [5.74, 6) is 0. The molecule has 3 nitrogen and oxygen atoms in total. The zero-order valence-electron chi connectivity index (χ0n) is 39.5. The summed E-state index contributed by atoms with van der Waals surface area (Å²) < 4.78 is 2.55. The summed E-state index contributed by atoms with van der Waals surface area (Å²) in [7, 11) is 0. The number of fused-ring (bicyclic) bond motifs is 9. The predicted octanol–water partition coefficient (Wildman–Crippen LogP) is 18.4. The molecule has 1 heterocycles. The van der Waals surface area contributed by atoms with E-state index in [1.807, 2.05) is 0 Å². The molecule has 1 aromatic heterocycles. The third-order valence-electron chi connectivity index (χ3n) is 14.9. The van der Waals surface area contributed by atoms with E-state index in [0.717, 1.165) is 45.3 Å². The molecule has 0 spiro atoms. The molecule has 13 aromatic rings. The summed E-state index contributed by atoms with van der Waals surface area (Å²) >= 11 is 0. The van der Waals surface area contributed by atoms with Gasteiger partial charge in [-0.1, -0.05) is 188 Å². The smallest absolute Gasteiger partial charge is 0.0736 e. The molecule has 0 saturated heterocycles. The number of hydrogen-bond donors (Lipinski definition) is 0. The van der Waals surface area contributed by atoms with Gasteiger partial charge in [0.05, 0.1) is 22.1 Å². The summed E-state index contributed by atoms with van der Waals surface area (Å²) in [6.45, 7) is 0. The average Bonchev–Trinajstić information content (AvgIpc) is 3.95. The zero-order valence-corrected chi connectivity index (χ0v) is 39.5. The Morgan fingerprint density at radius 3 is 1.32 bits per heavy atom. The van der Waals surface area contributed by atoms with Crippen molar-refractivity contribution in [1.82, 2.24) is 4.57 Å². The van der Waals surface area contributed by atoms with Crippen LogP contribution in [-0.4, -0.2) is 4.57 Å². The van der Waals surface area contributed by atoms with Crippen LogP contribution in [0.2, 0.25) is 0 Å². The van der Waals surface area contributed by atoms with E-state index in [4.69, 9.17) is 0 Å². The first-order valence-corrected chi connectivity index (χ1v) is 24.8. The lowest BCUT2D eigenvalue weighted by Crippen LogP contribution is -2.30. The molecule has 0 amide bonds. The molecule has 0 saturated carbocycles. The monoisotopic (exact) mass is 917 g/mol. The molecule has 1 aliphatic carbocycles. The first-order valence-electron chi connectivity index (χ1n) is 24.8. The molecular formula is C69H47N3. The van der Waals surface area contributed by atoms with Gasteiger partial charge in [-0.25, -0.2) is 0 Å². The number of nitrogens with zero attached hydrogens (tertiary/aromatic N) is 3. The molecular weight excluding hydrogens is 871 g/mol. The van der Waals surface area contributed by atoms with Crippen LogP contribution in [0.5, 0.6) is 0 Å². The lowest BCUT2D eigenvalue weighted by molar-refractivity contribution is 0.774. The van der Waals surface area contributed by atoms with Crippen LogP contribution >= 0.6 is 0 Å². The Balaban J connectivity index is 1.24. The Labute approximate surface area is 419 Å². The molecule has 0 atom stereocenters. The van der Waals surface area contributed by atoms with Gasteiger partial charge in [-0.3, -0.25) is 0 Å². The summed E-state index contributed by atoms with van der Waals surface area (Å²) in [6, 6.07) is 105. The summed E-state index contributed by atoms with van der Waals surface area (Å²) in [4.78, 5) is 4.90. The van der Waals surface area contributed by atoms with Gasteiger partial charge in [-0.15, -0.1) is 0 Å². The van der Waals surface area contributed by atoms with Crippen molar-refractivity contribution >= 4 is 77.5 Å². The minimum absolute atomic E-state index is 0.873. The molecule has 0 N–H and O–H groups in total. The van der Waals surface area contributed by atoms with E-state index >= 15 is 0 Å². The molecule has 12 aromatic carbocycles. The third kappa shape index (κ3) is 6.45. The Hall–Kier alpha value is -9.44. The second-order valence-corrected chi connectivity index (χ2v) is 18.8. The molecule has 1 aliphatic rings. The highest BCUT2D eigenvalue weighted by atomic mass is 15.2. The fraction of sp³-hybridized carbons (Fsp3) is 0.0145. The van der Waals surface area contributed by atoms with Crippen molar-refractivity contribution < 1.29 is 0 Å². The minimum atomic E-state index is -0.873. The molecule has 0 radical (unpaired) electrons. The van der Waals surface area contributed by atoms with E-state index in [-0.39, 0.29) is 0 Å². The van der Waals surface area contributed by atoms with Gasteiger partial charge in [0.1, 0.15) is 0 Å². The Morgan fingerprint density at radius 2 is 0.778 bits per heavy atom. The molecule has 0 bridgehead atoms. The lowest BCUT2D eigenvalue weighted by Gasteiger charge is -2.36. The maximum absolute atomic E-state index is 2.55. The van der Waals surface area contributed by atoms with Crippen LogP contribution in [0, 0.1) is 0 Å². The van der Waals surface area contributed by atoms with Crippen LogP contribution < -0.4 is 9.80 Å². The van der Waals surface area contributed by atoms with Gasteiger partial charge in [0.2, 0.25) is 0 Å². The van der Waals surface area contributed by atoms with E-state index in [1.165, 1.54) is 71.2 Å². The third-order valence-corrected chi connectivity index (χ3v) is 14.9. The fourth-order valence-corrected chi connectivity index (χ4v) is 11.9. The van der Waals surface area contributed by atoms with Crippen LogP contribution in [0.3, 0.4) is 0 Å². The largest absolute Gasteiger partial charge is 0.310 e. The van der Waals surface area contributed by atoms with E-state index in [0.29, 0.717) is 0 Å². The first-order chi connectivity index (χ1) is 35.7. The van der Waals surface area contributed by atoms with E-state index in [2.05, 4.69) is 299 Å². The lowest BCUT2D eigenvalue weighted by atomic mass is 9.66. The van der Waals surface area contributed by atoms with Crippen molar-refractivity contribution in [2.24, 2.45) is 0 Å². The molecule has 0 unspecified atom stereocenters. The zero-order chi connectivity index (χ0) is 47.6. The van der Waals surface area contributed by atoms with Crippen LogP contribution in [0.1, 0.15) is 22.3 Å². The van der Waals surface area contributed by atoms with E-state index in [9.17, 15) is 0 Å². The van der Waals surface area contributed by atoms with Gasteiger partial charge in [-0.05, 0) is 141 Å². The predicted molar refractivity (Wildman–Crippen MR) is 302 cm³/mol. The summed E-state index contributed by atoms with van der Waals surface area (Å²) in [5.41, 5.74) is 16.4. The van der Waals surface area contributed by atoms with Gasteiger partial charge in [-0.2, -0.15) is 0 Å². The van der Waals surface area contributed by atoms with Crippen molar-refractivity contribution in [3.63, 3.8) is 0 Å². The number of anilines is 6. The molecule has 3 heteroatoms. The van der Waals surface area contributed by atoms with E-state index in [1.54, 1.807) is 0 Å². The van der Waals surface area contributed by atoms with Gasteiger partial charge in [0.25, 0.3) is 0 Å². The normalized spacial score (nSPS) is 12.6. The van der Waals surface area contributed by atoms with Crippen molar-refractivity contribution in [2.75, 3.05) is 9.80 Å². The SMILES string of the molecule is c1ccc(N(c2ccccc2)c2ccc3c(c2)C(c2ccc4ccccc4c2)(c2ccc4ccccc4c2)c2c-3c(N(c3ccccc3)c3ccccc3)cc3c4ccccc4n(-c4ccccc4)c23)cc1. The molecule has 0 aliphatic heterocycles. The Kier molecular flexibility index (Phi) is 9.75. The number of rotatable bonds is 9. The van der Waals surface area contributed by atoms with Crippen LogP contribution in [-0.2, 0) is 5.41 Å². The van der Waals surface area contributed by atoms with Gasteiger partial charge in [0.15, 0.2) is 0 Å². The number of benzene rings is 12. The Bertz CT molecular complexity index is 3990. The highest BCUT2D eigenvalue weighted by molar-refractivity contribution is 6.17. The quantitative estimate of drug-likeness (QED) is 0.143. The highest BCUT2D eigenvalue weighted by Crippen LogP contribution is 2.64.